The van der Waals surface area contributed by atoms with Crippen LogP contribution in [0.25, 0.3) is 98.8 Å². The highest BCUT2D eigenvalue weighted by molar-refractivity contribution is 7.26. The first-order valence-electron chi connectivity index (χ1n) is 24.8. The van der Waals surface area contributed by atoms with Crippen molar-refractivity contribution in [3.05, 3.63) is 187 Å². The van der Waals surface area contributed by atoms with E-state index in [0.29, 0.717) is 17.7 Å². The molecular weight excluding hydrogens is 859 g/mol. The molecule has 2 aromatic heterocycles. The fourth-order valence-electron chi connectivity index (χ4n) is 14.9. The molecule has 5 heteroatoms. The van der Waals surface area contributed by atoms with Crippen LogP contribution in [-0.2, 0) is 5.41 Å². The van der Waals surface area contributed by atoms with Crippen molar-refractivity contribution in [2.45, 2.75) is 50.6 Å². The van der Waals surface area contributed by atoms with Crippen molar-refractivity contribution >= 4 is 50.0 Å². The maximum absolute atomic E-state index is 5.67. The van der Waals surface area contributed by atoms with Gasteiger partial charge in [0.25, 0.3) is 0 Å². The van der Waals surface area contributed by atoms with Crippen LogP contribution in [0.5, 0.6) is 0 Å². The predicted octanol–water partition coefficient (Wildman–Crippen LogP) is 15.1. The Morgan fingerprint density at radius 2 is 0.971 bits per heavy atom. The Morgan fingerprint density at radius 1 is 0.426 bits per heavy atom. The molecule has 0 unspecified atom stereocenters. The van der Waals surface area contributed by atoms with E-state index in [0.717, 1.165) is 34.6 Å². The average molecular weight is 908 g/mol. The third-order valence-corrected chi connectivity index (χ3v) is 22.2. The maximum Gasteiger partial charge on any atom is 0.165 e. The minimum atomic E-state index is -1.96. The Labute approximate surface area is 402 Å². The van der Waals surface area contributed by atoms with Gasteiger partial charge in [-0.05, 0) is 134 Å². The molecule has 0 amide bonds. The maximum atomic E-state index is 5.67. The molecule has 10 aromatic rings. The van der Waals surface area contributed by atoms with Gasteiger partial charge in [0.1, 0.15) is 8.07 Å². The summed E-state index contributed by atoms with van der Waals surface area (Å²) >= 11 is 1.86. The lowest BCUT2D eigenvalue weighted by Crippen LogP contribution is -2.55. The lowest BCUT2D eigenvalue weighted by Gasteiger charge is -2.61. The number of nitrogens with zero attached hydrogens (tertiary/aromatic N) is 3. The van der Waals surface area contributed by atoms with Gasteiger partial charge in [-0.3, -0.25) is 0 Å². The molecule has 0 atom stereocenters. The molecule has 0 radical (unpaired) electrons. The van der Waals surface area contributed by atoms with Crippen molar-refractivity contribution in [1.82, 2.24) is 15.0 Å². The minimum Gasteiger partial charge on any atom is -0.208 e. The topological polar surface area (TPSA) is 38.7 Å². The summed E-state index contributed by atoms with van der Waals surface area (Å²) in [6.07, 6.45) is 6.62. The van der Waals surface area contributed by atoms with Gasteiger partial charge >= 0.3 is 0 Å². The molecule has 0 N–H and O–H groups in total. The zero-order chi connectivity index (χ0) is 44.9. The van der Waals surface area contributed by atoms with Crippen LogP contribution in [0.2, 0.25) is 13.1 Å². The van der Waals surface area contributed by atoms with Gasteiger partial charge in [0.05, 0.1) is 0 Å². The number of fused-ring (bicyclic) bond motifs is 9. The standard InChI is InChI=1S/C63H49N3SSi/c1-68(2)55-28-10-9-19-47(55)51-25-12-21-45(59(51)68)41-29-30-46-48-22-13-26-52(56(48)63(54(46)36-41)42-32-37-31-38(34-42)35-43(63)33-37)61-64-60(40-17-7-4-8-18-40)65-62(66-61)53-27-14-24-50-49-23-11-20-44(57(49)67-58(50)53)39-15-5-3-6-16-39/h3-30,36-38,42-43H,31-35H2,1-2H3. The molecule has 3 heterocycles. The molecule has 8 aromatic carbocycles. The Morgan fingerprint density at radius 3 is 1.71 bits per heavy atom. The van der Waals surface area contributed by atoms with E-state index in [9.17, 15) is 0 Å². The van der Waals surface area contributed by atoms with Gasteiger partial charge in [-0.15, -0.1) is 11.3 Å². The van der Waals surface area contributed by atoms with Crippen molar-refractivity contribution in [1.29, 1.82) is 0 Å². The summed E-state index contributed by atoms with van der Waals surface area (Å²) in [5.41, 5.74) is 17.1. The van der Waals surface area contributed by atoms with Crippen LogP contribution in [0.1, 0.15) is 43.2 Å². The summed E-state index contributed by atoms with van der Waals surface area (Å²) in [6, 6.07) is 65.8. The molecule has 326 valence electrons. The van der Waals surface area contributed by atoms with Crippen molar-refractivity contribution in [3.63, 3.8) is 0 Å². The molecule has 3 nitrogen and oxygen atoms in total. The number of aromatic nitrogens is 3. The highest BCUT2D eigenvalue weighted by Gasteiger charge is 2.62. The Hall–Kier alpha value is -6.79. The van der Waals surface area contributed by atoms with Crippen molar-refractivity contribution in [3.8, 4) is 78.7 Å². The monoisotopic (exact) mass is 907 g/mol. The number of hydrogen-bond acceptors (Lipinski definition) is 4. The molecule has 4 saturated carbocycles. The summed E-state index contributed by atoms with van der Waals surface area (Å²) < 4.78 is 2.50. The van der Waals surface area contributed by atoms with E-state index < -0.39 is 8.07 Å². The van der Waals surface area contributed by atoms with E-state index in [1.165, 1.54) is 108 Å². The molecule has 4 fully saturated rings. The summed E-state index contributed by atoms with van der Waals surface area (Å²) in [4.78, 5) is 16.6. The molecular formula is C63H49N3SSi. The van der Waals surface area contributed by atoms with Gasteiger partial charge in [0, 0.05) is 42.3 Å². The van der Waals surface area contributed by atoms with E-state index >= 15 is 0 Å². The molecule has 1 spiro atoms. The van der Waals surface area contributed by atoms with Crippen molar-refractivity contribution in [2.24, 2.45) is 23.7 Å². The molecule has 68 heavy (non-hydrogen) atoms. The van der Waals surface area contributed by atoms with Gasteiger partial charge in [-0.1, -0.05) is 177 Å². The summed E-state index contributed by atoms with van der Waals surface area (Å²) in [7, 11) is -1.96. The first kappa shape index (κ1) is 39.2. The lowest BCUT2D eigenvalue weighted by atomic mass is 9.42. The van der Waals surface area contributed by atoms with Crippen LogP contribution in [0, 0.1) is 23.7 Å². The largest absolute Gasteiger partial charge is 0.208 e. The first-order chi connectivity index (χ1) is 33.4. The van der Waals surface area contributed by atoms with E-state index in [1.807, 2.05) is 11.3 Å². The minimum absolute atomic E-state index is 0.114. The lowest BCUT2D eigenvalue weighted by molar-refractivity contribution is -0.0397. The SMILES string of the molecule is C[Si]1(C)c2ccccc2-c2cccc(-c3ccc4c(c3)C3(c5c(-c6nc(-c7ccccc7)nc(-c7cccc8c7sc7c(-c9ccccc9)cccc78)n6)cccc5-4)C4CC5CC(C4)CC3C5)c21. The third kappa shape index (κ3) is 5.37. The van der Waals surface area contributed by atoms with Gasteiger partial charge in [0.15, 0.2) is 17.5 Å². The summed E-state index contributed by atoms with van der Waals surface area (Å²) in [5.74, 6) is 5.03. The average Bonchev–Trinajstić information content (AvgIpc) is 3.99. The quantitative estimate of drug-likeness (QED) is 0.162. The number of benzene rings is 8. The second kappa shape index (κ2) is 14.4. The molecule has 16 rings (SSSR count). The molecule has 4 bridgehead atoms. The Bertz CT molecular complexity index is 3710. The van der Waals surface area contributed by atoms with E-state index in [-0.39, 0.29) is 5.41 Å². The Balaban J connectivity index is 0.953. The zero-order valence-corrected chi connectivity index (χ0v) is 40.2. The fraction of sp³-hybridized carbons (Fsp3) is 0.190. The molecule has 6 aliphatic rings. The van der Waals surface area contributed by atoms with Gasteiger partial charge in [0.2, 0.25) is 0 Å². The van der Waals surface area contributed by atoms with Gasteiger partial charge < -0.3 is 0 Å². The van der Waals surface area contributed by atoms with Crippen molar-refractivity contribution < 1.29 is 0 Å². The van der Waals surface area contributed by atoms with E-state index in [2.05, 4.69) is 189 Å². The molecule has 1 aliphatic heterocycles. The number of hydrogen-bond donors (Lipinski definition) is 0. The second-order valence-electron chi connectivity index (χ2n) is 21.1. The van der Waals surface area contributed by atoms with Gasteiger partial charge in [-0.25, -0.2) is 15.0 Å². The van der Waals surface area contributed by atoms with Crippen LogP contribution >= 0.6 is 11.3 Å². The third-order valence-electron chi connectivity index (χ3n) is 17.3. The van der Waals surface area contributed by atoms with E-state index in [4.69, 9.17) is 15.0 Å². The van der Waals surface area contributed by atoms with E-state index in [1.54, 1.807) is 15.9 Å². The van der Waals surface area contributed by atoms with Crippen molar-refractivity contribution in [2.75, 3.05) is 0 Å². The summed E-state index contributed by atoms with van der Waals surface area (Å²) in [5, 5.41) is 5.66. The van der Waals surface area contributed by atoms with Crippen LogP contribution in [-0.4, -0.2) is 23.0 Å². The normalized spacial score (nSPS) is 22.1. The van der Waals surface area contributed by atoms with Crippen LogP contribution in [0.4, 0.5) is 0 Å². The number of thiophene rings is 1. The fourth-order valence-corrected chi connectivity index (χ4v) is 19.7. The second-order valence-corrected chi connectivity index (χ2v) is 26.4. The molecule has 5 aliphatic carbocycles. The molecule has 0 saturated heterocycles. The van der Waals surface area contributed by atoms with Crippen LogP contribution in [0.3, 0.4) is 0 Å². The Kier molecular flexibility index (Phi) is 8.29. The van der Waals surface area contributed by atoms with Crippen LogP contribution < -0.4 is 10.4 Å². The predicted molar refractivity (Wildman–Crippen MR) is 285 cm³/mol. The summed E-state index contributed by atoms with van der Waals surface area (Å²) in [6.45, 7) is 5.12. The van der Waals surface area contributed by atoms with Gasteiger partial charge in [-0.2, -0.15) is 0 Å². The number of rotatable bonds is 5. The van der Waals surface area contributed by atoms with Crippen LogP contribution in [0.15, 0.2) is 176 Å². The first-order valence-corrected chi connectivity index (χ1v) is 28.6. The highest BCUT2D eigenvalue weighted by atomic mass is 32.1. The zero-order valence-electron chi connectivity index (χ0n) is 38.3. The smallest absolute Gasteiger partial charge is 0.165 e. The highest BCUT2D eigenvalue weighted by Crippen LogP contribution is 2.70.